The normalized spacial score (nSPS) is 16.6. The van der Waals surface area contributed by atoms with Crippen molar-refractivity contribution < 1.29 is 9.32 Å². The second-order valence-corrected chi connectivity index (χ2v) is 6.89. The van der Waals surface area contributed by atoms with Crippen LogP contribution >= 0.6 is 0 Å². The van der Waals surface area contributed by atoms with E-state index in [-0.39, 0.29) is 5.91 Å². The zero-order chi connectivity index (χ0) is 17.4. The number of pyridine rings is 1. The van der Waals surface area contributed by atoms with Gasteiger partial charge in [-0.1, -0.05) is 30.3 Å². The van der Waals surface area contributed by atoms with Gasteiger partial charge in [0.25, 0.3) is 5.91 Å². The fraction of sp³-hybridized carbons (Fsp3) is 0.350. The zero-order valence-electron chi connectivity index (χ0n) is 14.5. The molecule has 1 N–H and O–H groups in total. The first-order valence-electron chi connectivity index (χ1n) is 8.72. The minimum absolute atomic E-state index is 0.0713. The molecule has 2 aromatic heterocycles. The first kappa shape index (κ1) is 15.8. The number of aryl methyl sites for hydroxylation is 2. The molecular weight excluding hydrogens is 314 g/mol. The van der Waals surface area contributed by atoms with Crippen molar-refractivity contribution in [1.82, 2.24) is 15.5 Å². The maximum Gasteiger partial charge on any atom is 0.252 e. The predicted octanol–water partition coefficient (Wildman–Crippen LogP) is 3.59. The van der Waals surface area contributed by atoms with E-state index in [0.717, 1.165) is 52.7 Å². The lowest BCUT2D eigenvalue weighted by Crippen LogP contribution is -2.27. The molecular formula is C20H21N3O2. The number of rotatable bonds is 3. The summed E-state index contributed by atoms with van der Waals surface area (Å²) in [5.74, 6) is 1.16. The van der Waals surface area contributed by atoms with Crippen molar-refractivity contribution >= 4 is 16.8 Å². The van der Waals surface area contributed by atoms with E-state index in [1.54, 1.807) is 0 Å². The minimum Gasteiger partial charge on any atom is -0.359 e. The van der Waals surface area contributed by atoms with Crippen molar-refractivity contribution in [3.63, 3.8) is 0 Å². The van der Waals surface area contributed by atoms with Crippen LogP contribution in [0, 0.1) is 12.8 Å². The number of hydrogen-bond donors (Lipinski definition) is 1. The predicted molar refractivity (Wildman–Crippen MR) is 95.3 cm³/mol. The molecule has 0 unspecified atom stereocenters. The number of aromatic nitrogens is 2. The summed E-state index contributed by atoms with van der Waals surface area (Å²) in [4.78, 5) is 17.8. The molecule has 0 saturated carbocycles. The number of hydrogen-bond acceptors (Lipinski definition) is 4. The van der Waals surface area contributed by atoms with E-state index in [1.165, 1.54) is 0 Å². The molecule has 0 bridgehead atoms. The Kier molecular flexibility index (Phi) is 3.99. The lowest BCUT2D eigenvalue weighted by atomic mass is 9.84. The third-order valence-electron chi connectivity index (χ3n) is 4.83. The zero-order valence-corrected chi connectivity index (χ0v) is 14.5. The van der Waals surface area contributed by atoms with Crippen molar-refractivity contribution in [3.8, 4) is 0 Å². The van der Waals surface area contributed by atoms with E-state index in [2.05, 4.69) is 17.4 Å². The Bertz CT molecular complexity index is 945. The molecule has 2 heterocycles. The SMILES string of the molecule is Cc1cc(CNC(=O)c2c3c(nc4ccccc24)CC[C@@H](C)C3)on1. The van der Waals surface area contributed by atoms with Gasteiger partial charge in [-0.3, -0.25) is 9.78 Å². The van der Waals surface area contributed by atoms with Gasteiger partial charge < -0.3 is 9.84 Å². The summed E-state index contributed by atoms with van der Waals surface area (Å²) in [6, 6.07) is 9.72. The van der Waals surface area contributed by atoms with Gasteiger partial charge in [-0.15, -0.1) is 0 Å². The van der Waals surface area contributed by atoms with E-state index in [0.29, 0.717) is 18.2 Å². The molecule has 1 amide bonds. The van der Waals surface area contributed by atoms with Crippen molar-refractivity contribution in [1.29, 1.82) is 0 Å². The van der Waals surface area contributed by atoms with E-state index in [1.807, 2.05) is 37.3 Å². The monoisotopic (exact) mass is 335 g/mol. The smallest absolute Gasteiger partial charge is 0.252 e. The number of nitrogens with zero attached hydrogens (tertiary/aromatic N) is 2. The maximum atomic E-state index is 13.0. The van der Waals surface area contributed by atoms with Crippen molar-refractivity contribution in [2.24, 2.45) is 5.92 Å². The first-order chi connectivity index (χ1) is 12.1. The summed E-state index contributed by atoms with van der Waals surface area (Å²) < 4.78 is 5.19. The molecule has 4 rings (SSSR count). The van der Waals surface area contributed by atoms with Gasteiger partial charge in [0, 0.05) is 17.1 Å². The van der Waals surface area contributed by atoms with Crippen molar-refractivity contribution in [2.45, 2.75) is 39.7 Å². The van der Waals surface area contributed by atoms with Gasteiger partial charge >= 0.3 is 0 Å². The summed E-state index contributed by atoms with van der Waals surface area (Å²) in [7, 11) is 0. The Morgan fingerprint density at radius 1 is 1.36 bits per heavy atom. The molecule has 3 aromatic rings. The van der Waals surface area contributed by atoms with Crippen LogP contribution in [0.5, 0.6) is 0 Å². The lowest BCUT2D eigenvalue weighted by Gasteiger charge is -2.24. The fourth-order valence-electron chi connectivity index (χ4n) is 3.58. The van der Waals surface area contributed by atoms with Gasteiger partial charge in [0.05, 0.1) is 23.3 Å². The quantitative estimate of drug-likeness (QED) is 0.794. The van der Waals surface area contributed by atoms with E-state index >= 15 is 0 Å². The molecule has 1 aromatic carbocycles. The van der Waals surface area contributed by atoms with Crippen LogP contribution in [-0.2, 0) is 19.4 Å². The number of fused-ring (bicyclic) bond motifs is 2. The van der Waals surface area contributed by atoms with Crippen LogP contribution in [0.1, 0.15) is 46.4 Å². The van der Waals surface area contributed by atoms with Crippen LogP contribution in [0.15, 0.2) is 34.9 Å². The van der Waals surface area contributed by atoms with Gasteiger partial charge in [-0.05, 0) is 43.7 Å². The largest absolute Gasteiger partial charge is 0.359 e. The van der Waals surface area contributed by atoms with Crippen molar-refractivity contribution in [2.75, 3.05) is 0 Å². The number of amides is 1. The van der Waals surface area contributed by atoms with Crippen LogP contribution in [0.2, 0.25) is 0 Å². The van der Waals surface area contributed by atoms with Crippen LogP contribution in [0.25, 0.3) is 10.9 Å². The third kappa shape index (κ3) is 3.02. The maximum absolute atomic E-state index is 13.0. The second-order valence-electron chi connectivity index (χ2n) is 6.89. The molecule has 25 heavy (non-hydrogen) atoms. The molecule has 1 aliphatic rings. The molecule has 0 aliphatic heterocycles. The Balaban J connectivity index is 1.73. The molecule has 1 atom stereocenters. The average molecular weight is 335 g/mol. The van der Waals surface area contributed by atoms with E-state index in [4.69, 9.17) is 9.51 Å². The number of nitrogens with one attached hydrogen (secondary N) is 1. The van der Waals surface area contributed by atoms with E-state index < -0.39 is 0 Å². The molecule has 5 heteroatoms. The fourth-order valence-corrected chi connectivity index (χ4v) is 3.58. The third-order valence-corrected chi connectivity index (χ3v) is 4.83. The highest BCUT2D eigenvalue weighted by Crippen LogP contribution is 2.31. The molecule has 1 aliphatic carbocycles. The number of carbonyl (C=O) groups is 1. The summed E-state index contributed by atoms with van der Waals surface area (Å²) >= 11 is 0. The summed E-state index contributed by atoms with van der Waals surface area (Å²) in [6.45, 7) is 4.43. The van der Waals surface area contributed by atoms with Gasteiger partial charge in [-0.2, -0.15) is 0 Å². The number of carbonyl (C=O) groups excluding carboxylic acids is 1. The highest BCUT2D eigenvalue weighted by Gasteiger charge is 2.25. The van der Waals surface area contributed by atoms with Crippen LogP contribution < -0.4 is 5.32 Å². The average Bonchev–Trinajstić information content (AvgIpc) is 3.03. The molecule has 128 valence electrons. The van der Waals surface area contributed by atoms with Crippen LogP contribution in [0.3, 0.4) is 0 Å². The lowest BCUT2D eigenvalue weighted by molar-refractivity contribution is 0.0947. The molecule has 0 spiro atoms. The van der Waals surface area contributed by atoms with E-state index in [9.17, 15) is 4.79 Å². The molecule has 5 nitrogen and oxygen atoms in total. The minimum atomic E-state index is -0.0713. The van der Waals surface area contributed by atoms with Gasteiger partial charge in [0.2, 0.25) is 0 Å². The number of benzene rings is 1. The van der Waals surface area contributed by atoms with Gasteiger partial charge in [0.1, 0.15) is 0 Å². The number of para-hydroxylation sites is 1. The van der Waals surface area contributed by atoms with Crippen molar-refractivity contribution in [3.05, 3.63) is 58.6 Å². The van der Waals surface area contributed by atoms with Gasteiger partial charge in [-0.25, -0.2) is 0 Å². The topological polar surface area (TPSA) is 68.0 Å². The highest BCUT2D eigenvalue weighted by atomic mass is 16.5. The second kappa shape index (κ2) is 6.31. The highest BCUT2D eigenvalue weighted by molar-refractivity contribution is 6.07. The summed E-state index contributed by atoms with van der Waals surface area (Å²) in [5.41, 5.74) is 4.63. The van der Waals surface area contributed by atoms with Crippen LogP contribution in [0.4, 0.5) is 0 Å². The molecule has 0 saturated heterocycles. The molecule has 0 fully saturated rings. The Morgan fingerprint density at radius 2 is 2.20 bits per heavy atom. The first-order valence-corrected chi connectivity index (χ1v) is 8.72. The Hall–Kier alpha value is -2.69. The summed E-state index contributed by atoms with van der Waals surface area (Å²) in [5, 5.41) is 7.76. The summed E-state index contributed by atoms with van der Waals surface area (Å²) in [6.07, 6.45) is 2.96. The van der Waals surface area contributed by atoms with Crippen LogP contribution in [-0.4, -0.2) is 16.0 Å². The Labute approximate surface area is 146 Å². The van der Waals surface area contributed by atoms with Gasteiger partial charge in [0.15, 0.2) is 5.76 Å². The standard InChI is InChI=1S/C20H21N3O2/c1-12-7-8-18-16(9-12)19(15-5-3-4-6-17(15)22-18)20(24)21-11-14-10-13(2)23-25-14/h3-6,10,12H,7-9,11H2,1-2H3,(H,21,24)/t12-/m1/s1. The molecule has 0 radical (unpaired) electrons. The Morgan fingerprint density at radius 3 is 3.00 bits per heavy atom.